The van der Waals surface area contributed by atoms with E-state index < -0.39 is 27.7 Å². The van der Waals surface area contributed by atoms with Crippen LogP contribution in [-0.2, 0) is 19.6 Å². The van der Waals surface area contributed by atoms with Gasteiger partial charge in [0.25, 0.3) is 0 Å². The van der Waals surface area contributed by atoms with Crippen molar-refractivity contribution in [1.82, 2.24) is 9.29 Å². The molecular weight excluding hydrogens is 299 g/mol. The SMILES string of the molecule is CCOC(=O)[C@@H]1CCCN(S(=O)(=O)c2cncc(F)c2)C1. The predicted molar refractivity (Wildman–Crippen MR) is 72.3 cm³/mol. The molecular formula is C13H17FN2O4S. The predicted octanol–water partition coefficient (Wildman–Crippen LogP) is 1.18. The maximum Gasteiger partial charge on any atom is 0.310 e. The summed E-state index contributed by atoms with van der Waals surface area (Å²) in [7, 11) is -3.84. The second kappa shape index (κ2) is 6.48. The first kappa shape index (κ1) is 15.8. The molecule has 0 bridgehead atoms. The fourth-order valence-corrected chi connectivity index (χ4v) is 3.80. The summed E-state index contributed by atoms with van der Waals surface area (Å²) in [6.07, 6.45) is 3.20. The number of hydrogen-bond acceptors (Lipinski definition) is 5. The van der Waals surface area contributed by atoms with Crippen molar-refractivity contribution in [2.45, 2.75) is 24.7 Å². The summed E-state index contributed by atoms with van der Waals surface area (Å²) < 4.78 is 44.1. The van der Waals surface area contributed by atoms with Crippen LogP contribution >= 0.6 is 0 Å². The van der Waals surface area contributed by atoms with Gasteiger partial charge in [0.2, 0.25) is 10.0 Å². The van der Waals surface area contributed by atoms with Gasteiger partial charge < -0.3 is 4.74 Å². The minimum atomic E-state index is -3.84. The molecule has 0 N–H and O–H groups in total. The molecule has 8 heteroatoms. The van der Waals surface area contributed by atoms with Gasteiger partial charge in [0.1, 0.15) is 10.7 Å². The zero-order chi connectivity index (χ0) is 15.5. The first-order valence-electron chi connectivity index (χ1n) is 6.72. The van der Waals surface area contributed by atoms with Crippen LogP contribution in [0.15, 0.2) is 23.4 Å². The van der Waals surface area contributed by atoms with Crippen LogP contribution < -0.4 is 0 Å². The lowest BCUT2D eigenvalue weighted by Gasteiger charge is -2.30. The fraction of sp³-hybridized carbons (Fsp3) is 0.538. The minimum absolute atomic E-state index is 0.0533. The molecule has 0 radical (unpaired) electrons. The second-order valence-electron chi connectivity index (χ2n) is 4.79. The van der Waals surface area contributed by atoms with Gasteiger partial charge in [-0.2, -0.15) is 4.31 Å². The van der Waals surface area contributed by atoms with E-state index in [2.05, 4.69) is 4.98 Å². The van der Waals surface area contributed by atoms with Gasteiger partial charge in [-0.1, -0.05) is 0 Å². The van der Waals surface area contributed by atoms with Gasteiger partial charge in [-0.25, -0.2) is 12.8 Å². The molecule has 2 heterocycles. The molecule has 0 aliphatic carbocycles. The van der Waals surface area contributed by atoms with E-state index >= 15 is 0 Å². The summed E-state index contributed by atoms with van der Waals surface area (Å²) in [6, 6.07) is 0.927. The standard InChI is InChI=1S/C13H17FN2O4S/c1-2-20-13(17)10-4-3-5-16(9-10)21(18,19)12-6-11(14)7-15-8-12/h6-8,10H,2-5,9H2,1H3/t10-/m1/s1. The molecule has 1 saturated heterocycles. The van der Waals surface area contributed by atoms with Crippen LogP contribution in [0.25, 0.3) is 0 Å². The number of halogens is 1. The number of pyridine rings is 1. The third kappa shape index (κ3) is 3.56. The van der Waals surface area contributed by atoms with Crippen LogP contribution in [0.5, 0.6) is 0 Å². The van der Waals surface area contributed by atoms with Crippen LogP contribution in [0.3, 0.4) is 0 Å². The van der Waals surface area contributed by atoms with Crippen molar-refractivity contribution in [1.29, 1.82) is 0 Å². The van der Waals surface area contributed by atoms with E-state index in [0.717, 1.165) is 18.5 Å². The summed E-state index contributed by atoms with van der Waals surface area (Å²) in [5.41, 5.74) is 0. The van der Waals surface area contributed by atoms with Gasteiger partial charge in [0, 0.05) is 19.3 Å². The van der Waals surface area contributed by atoms with Gasteiger partial charge in [-0.3, -0.25) is 9.78 Å². The number of rotatable bonds is 4. The maximum atomic E-state index is 13.2. The van der Waals surface area contributed by atoms with Gasteiger partial charge in [-0.15, -0.1) is 0 Å². The lowest BCUT2D eigenvalue weighted by atomic mass is 10.0. The van der Waals surface area contributed by atoms with Gasteiger partial charge >= 0.3 is 5.97 Å². The largest absolute Gasteiger partial charge is 0.466 e. The third-order valence-corrected chi connectivity index (χ3v) is 5.15. The Balaban J connectivity index is 2.18. The molecule has 0 amide bonds. The molecule has 21 heavy (non-hydrogen) atoms. The number of ether oxygens (including phenoxy) is 1. The first-order chi connectivity index (χ1) is 9.95. The van der Waals surface area contributed by atoms with Crippen LogP contribution in [-0.4, -0.2) is 43.4 Å². The minimum Gasteiger partial charge on any atom is -0.466 e. The van der Waals surface area contributed by atoms with Crippen molar-refractivity contribution in [2.75, 3.05) is 19.7 Å². The number of aromatic nitrogens is 1. The van der Waals surface area contributed by atoms with Gasteiger partial charge in [0.05, 0.1) is 18.7 Å². The Morgan fingerprint density at radius 1 is 1.52 bits per heavy atom. The van der Waals surface area contributed by atoms with Crippen molar-refractivity contribution in [3.05, 3.63) is 24.3 Å². The molecule has 1 aliphatic heterocycles. The topological polar surface area (TPSA) is 76.6 Å². The summed E-state index contributed by atoms with van der Waals surface area (Å²) in [5, 5.41) is 0. The second-order valence-corrected chi connectivity index (χ2v) is 6.73. The molecule has 0 unspecified atom stereocenters. The lowest BCUT2D eigenvalue weighted by Crippen LogP contribution is -2.42. The summed E-state index contributed by atoms with van der Waals surface area (Å²) in [6.45, 7) is 2.32. The number of nitrogens with zero attached hydrogens (tertiary/aromatic N) is 2. The zero-order valence-electron chi connectivity index (χ0n) is 11.7. The Morgan fingerprint density at radius 3 is 2.95 bits per heavy atom. The monoisotopic (exact) mass is 316 g/mol. The quantitative estimate of drug-likeness (QED) is 0.780. The molecule has 6 nitrogen and oxygen atoms in total. The third-order valence-electron chi connectivity index (χ3n) is 3.32. The van der Waals surface area contributed by atoms with E-state index in [1.807, 2.05) is 0 Å². The van der Waals surface area contributed by atoms with Gasteiger partial charge in [0.15, 0.2) is 0 Å². The van der Waals surface area contributed by atoms with E-state index in [0.29, 0.717) is 19.4 Å². The van der Waals surface area contributed by atoms with E-state index in [9.17, 15) is 17.6 Å². The Bertz CT molecular complexity index is 620. The van der Waals surface area contributed by atoms with E-state index in [-0.39, 0.29) is 18.0 Å². The Kier molecular flexibility index (Phi) is 4.89. The van der Waals surface area contributed by atoms with Crippen molar-refractivity contribution in [2.24, 2.45) is 5.92 Å². The number of hydrogen-bond donors (Lipinski definition) is 0. The molecule has 1 aromatic rings. The molecule has 116 valence electrons. The van der Waals surface area contributed by atoms with Crippen molar-refractivity contribution < 1.29 is 22.3 Å². The fourth-order valence-electron chi connectivity index (χ4n) is 2.30. The van der Waals surface area contributed by atoms with Crippen LogP contribution in [0.1, 0.15) is 19.8 Å². The summed E-state index contributed by atoms with van der Waals surface area (Å²) in [5.74, 6) is -1.58. The average molecular weight is 316 g/mol. The van der Waals surface area contributed by atoms with Crippen LogP contribution in [0.2, 0.25) is 0 Å². The van der Waals surface area contributed by atoms with Gasteiger partial charge in [-0.05, 0) is 25.8 Å². The van der Waals surface area contributed by atoms with E-state index in [1.165, 1.54) is 4.31 Å². The molecule has 0 aromatic carbocycles. The molecule has 1 aromatic heterocycles. The summed E-state index contributed by atoms with van der Waals surface area (Å²) >= 11 is 0. The molecule has 1 fully saturated rings. The van der Waals surface area contributed by atoms with E-state index in [1.54, 1.807) is 6.92 Å². The highest BCUT2D eigenvalue weighted by atomic mass is 32.2. The lowest BCUT2D eigenvalue weighted by molar-refractivity contribution is -0.149. The van der Waals surface area contributed by atoms with Crippen molar-refractivity contribution in [3.8, 4) is 0 Å². The Morgan fingerprint density at radius 2 is 2.29 bits per heavy atom. The average Bonchev–Trinajstić information content (AvgIpc) is 2.47. The first-order valence-corrected chi connectivity index (χ1v) is 8.16. The highest BCUT2D eigenvalue weighted by Gasteiger charge is 2.34. The van der Waals surface area contributed by atoms with E-state index in [4.69, 9.17) is 4.74 Å². The highest BCUT2D eigenvalue weighted by Crippen LogP contribution is 2.24. The number of sulfonamides is 1. The molecule has 1 atom stereocenters. The smallest absolute Gasteiger partial charge is 0.310 e. The Hall–Kier alpha value is -1.54. The molecule has 2 rings (SSSR count). The molecule has 0 spiro atoms. The summed E-state index contributed by atoms with van der Waals surface area (Å²) in [4.78, 5) is 15.1. The van der Waals surface area contributed by atoms with Crippen molar-refractivity contribution in [3.63, 3.8) is 0 Å². The Labute approximate surface area is 123 Å². The van der Waals surface area contributed by atoms with Crippen molar-refractivity contribution >= 4 is 16.0 Å². The molecule has 1 aliphatic rings. The number of esters is 1. The molecule has 0 saturated carbocycles. The van der Waals surface area contributed by atoms with Crippen LogP contribution in [0.4, 0.5) is 4.39 Å². The maximum absolute atomic E-state index is 13.2. The normalized spacial score (nSPS) is 20.2. The zero-order valence-corrected chi connectivity index (χ0v) is 12.5. The number of carbonyl (C=O) groups is 1. The van der Waals surface area contributed by atoms with Crippen LogP contribution in [0, 0.1) is 11.7 Å². The number of carbonyl (C=O) groups excluding carboxylic acids is 1. The number of piperidine rings is 1. The highest BCUT2D eigenvalue weighted by molar-refractivity contribution is 7.89.